The third-order valence-corrected chi connectivity index (χ3v) is 2.97. The van der Waals surface area contributed by atoms with Crippen molar-refractivity contribution in [2.24, 2.45) is 0 Å². The average molecular weight is 187 g/mol. The fourth-order valence-electron chi connectivity index (χ4n) is 2.17. The van der Waals surface area contributed by atoms with Crippen molar-refractivity contribution in [1.82, 2.24) is 4.90 Å². The van der Waals surface area contributed by atoms with Gasteiger partial charge in [0, 0.05) is 12.1 Å². The fourth-order valence-corrected chi connectivity index (χ4v) is 2.17. The third-order valence-electron chi connectivity index (χ3n) is 2.97. The largest absolute Gasteiger partial charge is 0.471 e. The van der Waals surface area contributed by atoms with Gasteiger partial charge in [0.05, 0.1) is 0 Å². The van der Waals surface area contributed by atoms with E-state index < -0.39 is 0 Å². The van der Waals surface area contributed by atoms with E-state index in [1.807, 2.05) is 12.1 Å². The zero-order valence-electron chi connectivity index (χ0n) is 8.23. The molecule has 2 heteroatoms. The van der Waals surface area contributed by atoms with Crippen LogP contribution in [0.5, 0.6) is 5.75 Å². The zero-order valence-corrected chi connectivity index (χ0v) is 8.23. The van der Waals surface area contributed by atoms with Crippen molar-refractivity contribution in [3.63, 3.8) is 0 Å². The highest BCUT2D eigenvalue weighted by atomic mass is 16.5. The second kappa shape index (κ2) is 2.85. The molecular weight excluding hydrogens is 174 g/mol. The Kier molecular flexibility index (Phi) is 1.64. The molecule has 2 nitrogen and oxygen atoms in total. The maximum Gasteiger partial charge on any atom is 0.175 e. The molecule has 2 aliphatic heterocycles. The van der Waals surface area contributed by atoms with Crippen LogP contribution in [0.2, 0.25) is 0 Å². The molecule has 1 aromatic carbocycles. The van der Waals surface area contributed by atoms with E-state index in [2.05, 4.69) is 30.2 Å². The minimum atomic E-state index is 0.185. The maximum absolute atomic E-state index is 5.93. The van der Waals surface area contributed by atoms with E-state index in [-0.39, 0.29) is 6.23 Å². The van der Waals surface area contributed by atoms with E-state index in [0.717, 1.165) is 18.7 Å². The molecule has 0 bridgehead atoms. The van der Waals surface area contributed by atoms with Crippen LogP contribution in [0.3, 0.4) is 0 Å². The summed E-state index contributed by atoms with van der Waals surface area (Å²) in [6.07, 6.45) is 3.59. The lowest BCUT2D eigenvalue weighted by Gasteiger charge is -2.26. The highest BCUT2D eigenvalue weighted by molar-refractivity contribution is 5.63. The van der Waals surface area contributed by atoms with Gasteiger partial charge in [0.25, 0.3) is 0 Å². The van der Waals surface area contributed by atoms with Crippen molar-refractivity contribution >= 4 is 6.08 Å². The number of likely N-dealkylation sites (N-methyl/N-ethyl adjacent to an activating group) is 1. The highest BCUT2D eigenvalue weighted by Crippen LogP contribution is 2.34. The van der Waals surface area contributed by atoms with E-state index in [0.29, 0.717) is 0 Å². The van der Waals surface area contributed by atoms with Crippen molar-refractivity contribution in [3.05, 3.63) is 35.4 Å². The molecular formula is C12H13NO. The van der Waals surface area contributed by atoms with E-state index in [1.165, 1.54) is 11.1 Å². The van der Waals surface area contributed by atoms with Gasteiger partial charge in [-0.15, -0.1) is 0 Å². The number of ether oxygens (including phenoxy) is 1. The van der Waals surface area contributed by atoms with Gasteiger partial charge in [-0.2, -0.15) is 0 Å². The number of rotatable bonds is 0. The SMILES string of the molecule is CN1CCC2=Cc3ccccc3OC21. The van der Waals surface area contributed by atoms with Crippen LogP contribution >= 0.6 is 0 Å². The molecule has 0 amide bonds. The van der Waals surface area contributed by atoms with Gasteiger partial charge in [0.15, 0.2) is 6.23 Å². The number of benzene rings is 1. The van der Waals surface area contributed by atoms with Crippen LogP contribution in [0.1, 0.15) is 12.0 Å². The Morgan fingerprint density at radius 2 is 2.21 bits per heavy atom. The predicted molar refractivity (Wildman–Crippen MR) is 56.1 cm³/mol. The number of fused-ring (bicyclic) bond motifs is 2. The summed E-state index contributed by atoms with van der Waals surface area (Å²) in [5, 5.41) is 0. The molecule has 1 fully saturated rings. The number of hydrogen-bond acceptors (Lipinski definition) is 2. The van der Waals surface area contributed by atoms with Gasteiger partial charge in [-0.3, -0.25) is 4.90 Å². The second-order valence-electron chi connectivity index (χ2n) is 3.96. The van der Waals surface area contributed by atoms with E-state index in [1.54, 1.807) is 0 Å². The lowest BCUT2D eigenvalue weighted by atomic mass is 10.1. The molecule has 1 saturated heterocycles. The van der Waals surface area contributed by atoms with Crippen molar-refractivity contribution in [1.29, 1.82) is 0 Å². The third kappa shape index (κ3) is 1.07. The Hall–Kier alpha value is -1.28. The molecule has 1 atom stereocenters. The van der Waals surface area contributed by atoms with Crippen molar-refractivity contribution in [2.45, 2.75) is 12.6 Å². The Bertz CT molecular complexity index is 397. The summed E-state index contributed by atoms with van der Waals surface area (Å²) in [5.74, 6) is 1.01. The van der Waals surface area contributed by atoms with Crippen LogP contribution in [0, 0.1) is 0 Å². The Balaban J connectivity index is 2.07. The van der Waals surface area contributed by atoms with Gasteiger partial charge >= 0.3 is 0 Å². The fraction of sp³-hybridized carbons (Fsp3) is 0.333. The van der Waals surface area contributed by atoms with Gasteiger partial charge in [-0.25, -0.2) is 0 Å². The Morgan fingerprint density at radius 3 is 3.14 bits per heavy atom. The van der Waals surface area contributed by atoms with Crippen LogP contribution in [-0.2, 0) is 0 Å². The molecule has 0 aliphatic carbocycles. The van der Waals surface area contributed by atoms with Crippen molar-refractivity contribution in [2.75, 3.05) is 13.6 Å². The minimum absolute atomic E-state index is 0.185. The molecule has 0 radical (unpaired) electrons. The molecule has 72 valence electrons. The molecule has 0 aromatic heterocycles. The van der Waals surface area contributed by atoms with Gasteiger partial charge in [0.1, 0.15) is 5.75 Å². The number of para-hydroxylation sites is 1. The van der Waals surface area contributed by atoms with Gasteiger partial charge < -0.3 is 4.74 Å². The first kappa shape index (κ1) is 8.06. The van der Waals surface area contributed by atoms with E-state index >= 15 is 0 Å². The maximum atomic E-state index is 5.93. The molecule has 0 spiro atoms. The summed E-state index contributed by atoms with van der Waals surface area (Å²) in [4.78, 5) is 2.25. The standard InChI is InChI=1S/C12H13NO/c1-13-7-6-10-8-9-4-2-3-5-11(9)14-12(10)13/h2-5,8,12H,6-7H2,1H3. The monoisotopic (exact) mass is 187 g/mol. The molecule has 2 heterocycles. The van der Waals surface area contributed by atoms with Crippen molar-refractivity contribution < 1.29 is 4.74 Å². The minimum Gasteiger partial charge on any atom is -0.471 e. The highest BCUT2D eigenvalue weighted by Gasteiger charge is 2.30. The predicted octanol–water partition coefficient (Wildman–Crippen LogP) is 2.12. The average Bonchev–Trinajstić information content (AvgIpc) is 2.57. The molecule has 2 aliphatic rings. The van der Waals surface area contributed by atoms with Crippen LogP contribution < -0.4 is 4.74 Å². The number of nitrogens with zero attached hydrogens (tertiary/aromatic N) is 1. The molecule has 1 aromatic rings. The summed E-state index contributed by atoms with van der Waals surface area (Å²) >= 11 is 0. The zero-order chi connectivity index (χ0) is 9.54. The number of hydrogen-bond donors (Lipinski definition) is 0. The summed E-state index contributed by atoms with van der Waals surface area (Å²) in [7, 11) is 2.11. The summed E-state index contributed by atoms with van der Waals surface area (Å²) in [5.41, 5.74) is 2.63. The summed E-state index contributed by atoms with van der Waals surface area (Å²) < 4.78 is 5.93. The normalized spacial score (nSPS) is 24.9. The smallest absolute Gasteiger partial charge is 0.175 e. The van der Waals surface area contributed by atoms with Crippen LogP contribution in [0.25, 0.3) is 6.08 Å². The van der Waals surface area contributed by atoms with Gasteiger partial charge in [0.2, 0.25) is 0 Å². The van der Waals surface area contributed by atoms with E-state index in [9.17, 15) is 0 Å². The first-order valence-corrected chi connectivity index (χ1v) is 5.01. The second-order valence-corrected chi connectivity index (χ2v) is 3.96. The number of likely N-dealkylation sites (tertiary alicyclic amines) is 1. The van der Waals surface area contributed by atoms with E-state index in [4.69, 9.17) is 4.74 Å². The molecule has 3 rings (SSSR count). The Labute approximate surface area is 83.8 Å². The quantitative estimate of drug-likeness (QED) is 0.617. The van der Waals surface area contributed by atoms with Crippen LogP contribution in [0.4, 0.5) is 0 Å². The van der Waals surface area contributed by atoms with Gasteiger partial charge in [-0.05, 0) is 31.2 Å². The first-order valence-electron chi connectivity index (χ1n) is 5.01. The summed E-state index contributed by atoms with van der Waals surface area (Å²) in [6.45, 7) is 1.10. The molecule has 1 unspecified atom stereocenters. The van der Waals surface area contributed by atoms with Crippen LogP contribution in [0.15, 0.2) is 29.8 Å². The van der Waals surface area contributed by atoms with Gasteiger partial charge in [-0.1, -0.05) is 18.2 Å². The lowest BCUT2D eigenvalue weighted by Crippen LogP contribution is -2.32. The Morgan fingerprint density at radius 1 is 1.36 bits per heavy atom. The molecule has 0 N–H and O–H groups in total. The molecule has 0 saturated carbocycles. The lowest BCUT2D eigenvalue weighted by molar-refractivity contribution is 0.104. The first-order chi connectivity index (χ1) is 6.84. The van der Waals surface area contributed by atoms with Crippen LogP contribution in [-0.4, -0.2) is 24.7 Å². The van der Waals surface area contributed by atoms with Crippen molar-refractivity contribution in [3.8, 4) is 5.75 Å². The topological polar surface area (TPSA) is 12.5 Å². The molecule has 14 heavy (non-hydrogen) atoms. The summed E-state index contributed by atoms with van der Waals surface area (Å²) in [6, 6.07) is 8.22.